The minimum atomic E-state index is -0.0935. The number of aromatic nitrogens is 2. The lowest BCUT2D eigenvalue weighted by Gasteiger charge is -2.39. The summed E-state index contributed by atoms with van der Waals surface area (Å²) in [5.41, 5.74) is 0. The summed E-state index contributed by atoms with van der Waals surface area (Å²) < 4.78 is 7.09. The molecule has 2 rings (SSSR count). The molecule has 0 aliphatic carbocycles. The number of hydrogen-bond acceptors (Lipinski definition) is 4. The van der Waals surface area contributed by atoms with Gasteiger partial charge in [0.25, 0.3) is 0 Å². The standard InChI is InChI=1S/C17H30N6O2/c1-4-19-17(21-11-16(24)20-7-10-25-3)22-8-5-14(2)15(12-22)23-9-6-18-13-23/h6,9,13-15H,4-5,7-8,10-12H2,1-3H3,(H,19,21)(H,20,24). The van der Waals surface area contributed by atoms with Crippen molar-refractivity contribution in [1.29, 1.82) is 0 Å². The van der Waals surface area contributed by atoms with Gasteiger partial charge in [-0.25, -0.2) is 9.98 Å². The van der Waals surface area contributed by atoms with E-state index in [0.717, 1.165) is 32.0 Å². The Morgan fingerprint density at radius 2 is 2.28 bits per heavy atom. The van der Waals surface area contributed by atoms with Gasteiger partial charge in [-0.3, -0.25) is 4.79 Å². The van der Waals surface area contributed by atoms with Crippen LogP contribution in [0.3, 0.4) is 0 Å². The molecule has 1 aromatic rings. The van der Waals surface area contributed by atoms with Gasteiger partial charge in [0.1, 0.15) is 6.54 Å². The lowest BCUT2D eigenvalue weighted by atomic mass is 9.93. The van der Waals surface area contributed by atoms with Crippen molar-refractivity contribution in [1.82, 2.24) is 25.1 Å². The van der Waals surface area contributed by atoms with E-state index in [9.17, 15) is 4.79 Å². The molecule has 1 amide bonds. The van der Waals surface area contributed by atoms with E-state index in [4.69, 9.17) is 4.74 Å². The molecule has 8 heteroatoms. The van der Waals surface area contributed by atoms with E-state index in [0.29, 0.717) is 25.1 Å². The first-order valence-electron chi connectivity index (χ1n) is 8.92. The number of guanidine groups is 1. The maximum atomic E-state index is 11.9. The molecule has 1 aliphatic heterocycles. The predicted molar refractivity (Wildman–Crippen MR) is 97.5 cm³/mol. The van der Waals surface area contributed by atoms with E-state index in [1.807, 2.05) is 25.6 Å². The number of rotatable bonds is 7. The Balaban J connectivity index is 1.98. The zero-order valence-corrected chi connectivity index (χ0v) is 15.4. The molecule has 0 aromatic carbocycles. The van der Waals surface area contributed by atoms with Crippen molar-refractivity contribution in [3.05, 3.63) is 18.7 Å². The summed E-state index contributed by atoms with van der Waals surface area (Å²) in [5, 5.41) is 6.09. The van der Waals surface area contributed by atoms with Crippen LogP contribution < -0.4 is 10.6 Å². The number of likely N-dealkylation sites (tertiary alicyclic amines) is 1. The number of nitrogens with one attached hydrogen (secondary N) is 2. The Labute approximate surface area is 149 Å². The van der Waals surface area contributed by atoms with Crippen molar-refractivity contribution in [2.75, 3.05) is 46.4 Å². The quantitative estimate of drug-likeness (QED) is 0.425. The minimum absolute atomic E-state index is 0.0935. The average Bonchev–Trinajstić information content (AvgIpc) is 3.14. The zero-order chi connectivity index (χ0) is 18.1. The lowest BCUT2D eigenvalue weighted by Crippen LogP contribution is -2.49. The van der Waals surface area contributed by atoms with Crippen molar-refractivity contribution >= 4 is 11.9 Å². The fraction of sp³-hybridized carbons (Fsp3) is 0.706. The fourth-order valence-corrected chi connectivity index (χ4v) is 3.02. The Bertz CT molecular complexity index is 545. The first kappa shape index (κ1) is 19.2. The lowest BCUT2D eigenvalue weighted by molar-refractivity contribution is -0.119. The smallest absolute Gasteiger partial charge is 0.241 e. The number of aliphatic imine (C=N–C) groups is 1. The van der Waals surface area contributed by atoms with Crippen LogP contribution in [0.25, 0.3) is 0 Å². The second-order valence-electron chi connectivity index (χ2n) is 6.30. The van der Waals surface area contributed by atoms with Gasteiger partial charge in [0.15, 0.2) is 5.96 Å². The maximum absolute atomic E-state index is 11.9. The van der Waals surface area contributed by atoms with E-state index in [2.05, 4.69) is 37.0 Å². The molecule has 1 aliphatic rings. The van der Waals surface area contributed by atoms with Crippen LogP contribution in [0.5, 0.6) is 0 Å². The maximum Gasteiger partial charge on any atom is 0.241 e. The Hall–Kier alpha value is -2.09. The van der Waals surface area contributed by atoms with Crippen LogP contribution >= 0.6 is 0 Å². The van der Waals surface area contributed by atoms with E-state index in [1.165, 1.54) is 0 Å². The number of hydrogen-bond donors (Lipinski definition) is 2. The number of amides is 1. The van der Waals surface area contributed by atoms with Crippen LogP contribution in [0.2, 0.25) is 0 Å². The van der Waals surface area contributed by atoms with Gasteiger partial charge in [-0.2, -0.15) is 0 Å². The number of nitrogens with zero attached hydrogens (tertiary/aromatic N) is 4. The molecule has 8 nitrogen and oxygen atoms in total. The van der Waals surface area contributed by atoms with Gasteiger partial charge in [0.2, 0.25) is 5.91 Å². The molecule has 0 spiro atoms. The summed E-state index contributed by atoms with van der Waals surface area (Å²) in [6.45, 7) is 8.00. The number of ether oxygens (including phenoxy) is 1. The van der Waals surface area contributed by atoms with Crippen LogP contribution in [0.4, 0.5) is 0 Å². The second kappa shape index (κ2) is 10.0. The molecule has 0 radical (unpaired) electrons. The monoisotopic (exact) mass is 350 g/mol. The van der Waals surface area contributed by atoms with Gasteiger partial charge < -0.3 is 24.8 Å². The third-order valence-electron chi connectivity index (χ3n) is 4.46. The number of piperidine rings is 1. The molecule has 2 atom stereocenters. The predicted octanol–water partition coefficient (Wildman–Crippen LogP) is 0.494. The largest absolute Gasteiger partial charge is 0.383 e. The summed E-state index contributed by atoms with van der Waals surface area (Å²) in [7, 11) is 1.61. The first-order valence-corrected chi connectivity index (χ1v) is 8.92. The molecule has 0 bridgehead atoms. The molecule has 1 fully saturated rings. The van der Waals surface area contributed by atoms with Crippen molar-refractivity contribution in [2.24, 2.45) is 10.9 Å². The van der Waals surface area contributed by atoms with Gasteiger partial charge in [0.05, 0.1) is 19.0 Å². The Kier molecular flexibility index (Phi) is 7.72. The summed E-state index contributed by atoms with van der Waals surface area (Å²) in [6.07, 6.45) is 6.78. The number of carbonyl (C=O) groups is 1. The molecule has 2 heterocycles. The van der Waals surface area contributed by atoms with Gasteiger partial charge >= 0.3 is 0 Å². The van der Waals surface area contributed by atoms with E-state index < -0.39 is 0 Å². The highest BCUT2D eigenvalue weighted by molar-refractivity contribution is 5.85. The third-order valence-corrected chi connectivity index (χ3v) is 4.46. The molecule has 25 heavy (non-hydrogen) atoms. The molecule has 1 aromatic heterocycles. The first-order chi connectivity index (χ1) is 12.2. The topological polar surface area (TPSA) is 83.8 Å². The zero-order valence-electron chi connectivity index (χ0n) is 15.4. The molecule has 0 saturated carbocycles. The van der Waals surface area contributed by atoms with Crippen molar-refractivity contribution < 1.29 is 9.53 Å². The number of methoxy groups -OCH3 is 1. The van der Waals surface area contributed by atoms with Gasteiger partial charge in [-0.15, -0.1) is 0 Å². The van der Waals surface area contributed by atoms with Gasteiger partial charge in [-0.1, -0.05) is 6.92 Å². The molecule has 140 valence electrons. The van der Waals surface area contributed by atoms with Crippen LogP contribution in [-0.4, -0.2) is 72.8 Å². The Morgan fingerprint density at radius 1 is 1.44 bits per heavy atom. The normalized spacial score (nSPS) is 21.2. The van der Waals surface area contributed by atoms with Crippen LogP contribution in [0, 0.1) is 5.92 Å². The highest BCUT2D eigenvalue weighted by atomic mass is 16.5. The Morgan fingerprint density at radius 3 is 2.96 bits per heavy atom. The summed E-state index contributed by atoms with van der Waals surface area (Å²) in [6, 6.07) is 0.357. The summed E-state index contributed by atoms with van der Waals surface area (Å²) >= 11 is 0. The minimum Gasteiger partial charge on any atom is -0.383 e. The van der Waals surface area contributed by atoms with Crippen LogP contribution in [0.15, 0.2) is 23.7 Å². The van der Waals surface area contributed by atoms with Gasteiger partial charge in [-0.05, 0) is 19.3 Å². The highest BCUT2D eigenvalue weighted by Crippen LogP contribution is 2.27. The molecule has 2 N–H and O–H groups in total. The SMILES string of the molecule is CCNC(=NCC(=O)NCCOC)N1CCC(C)C(n2ccnc2)C1. The molecule has 2 unspecified atom stereocenters. The third kappa shape index (κ3) is 5.74. The van der Waals surface area contributed by atoms with Crippen molar-refractivity contribution in [3.63, 3.8) is 0 Å². The van der Waals surface area contributed by atoms with E-state index in [1.54, 1.807) is 7.11 Å². The summed E-state index contributed by atoms with van der Waals surface area (Å²) in [4.78, 5) is 22.8. The average molecular weight is 350 g/mol. The fourth-order valence-electron chi connectivity index (χ4n) is 3.02. The summed E-state index contributed by atoms with van der Waals surface area (Å²) in [5.74, 6) is 1.27. The van der Waals surface area contributed by atoms with E-state index in [-0.39, 0.29) is 12.5 Å². The second-order valence-corrected chi connectivity index (χ2v) is 6.30. The van der Waals surface area contributed by atoms with Crippen molar-refractivity contribution in [3.8, 4) is 0 Å². The van der Waals surface area contributed by atoms with Crippen LogP contribution in [0.1, 0.15) is 26.3 Å². The van der Waals surface area contributed by atoms with E-state index >= 15 is 0 Å². The molecular weight excluding hydrogens is 320 g/mol. The number of carbonyl (C=O) groups excluding carboxylic acids is 1. The molecular formula is C17H30N6O2. The molecule has 1 saturated heterocycles. The van der Waals surface area contributed by atoms with Crippen LogP contribution in [-0.2, 0) is 9.53 Å². The van der Waals surface area contributed by atoms with Gasteiger partial charge in [0, 0.05) is 45.7 Å². The highest BCUT2D eigenvalue weighted by Gasteiger charge is 2.28. The van der Waals surface area contributed by atoms with Crippen molar-refractivity contribution in [2.45, 2.75) is 26.3 Å². The number of imidazole rings is 1.